The third kappa shape index (κ3) is 1.10. The maximum Gasteiger partial charge on any atom is 0.110 e. The van der Waals surface area contributed by atoms with E-state index in [-0.39, 0.29) is 0 Å². The van der Waals surface area contributed by atoms with Crippen molar-refractivity contribution in [3.05, 3.63) is 28.1 Å². The molecule has 1 aromatic carbocycles. The van der Waals surface area contributed by atoms with Crippen LogP contribution in [0, 0.1) is 11.8 Å². The van der Waals surface area contributed by atoms with Crippen molar-refractivity contribution in [1.29, 1.82) is 0 Å². The minimum absolute atomic E-state index is 0.438. The molecule has 3 nitrogen and oxygen atoms in total. The van der Waals surface area contributed by atoms with Crippen LogP contribution >= 0.6 is 11.3 Å². The first-order valence-electron chi connectivity index (χ1n) is 3.50. The van der Waals surface area contributed by atoms with Crippen LogP contribution in [0.15, 0.2) is 23.4 Å². The fourth-order valence-corrected chi connectivity index (χ4v) is 1.90. The Kier molecular flexibility index (Phi) is 1.62. The summed E-state index contributed by atoms with van der Waals surface area (Å²) in [4.78, 5) is 14.4. The van der Waals surface area contributed by atoms with Crippen molar-refractivity contribution >= 4 is 27.2 Å². The Balaban J connectivity index is 2.74. The van der Waals surface area contributed by atoms with Gasteiger partial charge in [-0.1, -0.05) is 0 Å². The molecule has 0 aliphatic carbocycles. The molecule has 0 aliphatic heterocycles. The minimum Gasteiger partial charge on any atom is -0.241 e. The third-order valence-electron chi connectivity index (χ3n) is 1.58. The van der Waals surface area contributed by atoms with E-state index < -0.39 is 0 Å². The van der Waals surface area contributed by atoms with Gasteiger partial charge in [-0.3, -0.25) is 0 Å². The van der Waals surface area contributed by atoms with Crippen molar-refractivity contribution in [2.45, 2.75) is 6.92 Å². The Morgan fingerprint density at radius 2 is 2.33 bits per heavy atom. The number of thiazole rings is 1. The molecule has 1 aromatic heterocycles. The van der Waals surface area contributed by atoms with Crippen molar-refractivity contribution in [3.63, 3.8) is 0 Å². The van der Waals surface area contributed by atoms with Gasteiger partial charge in [-0.2, -0.15) is 0 Å². The van der Waals surface area contributed by atoms with E-state index in [1.54, 1.807) is 23.5 Å². The molecule has 0 saturated carbocycles. The van der Waals surface area contributed by atoms with Gasteiger partial charge in [0.15, 0.2) is 0 Å². The van der Waals surface area contributed by atoms with Gasteiger partial charge in [0.25, 0.3) is 0 Å². The quantitative estimate of drug-likeness (QED) is 0.630. The second-order valence-corrected chi connectivity index (χ2v) is 3.71. The molecule has 0 bridgehead atoms. The standard InChI is InChI=1S/C8H6N2OS/c1-5-9-7-4-6(10-11)2-3-8(7)12-5/h2-4H,1H3. The SMILES string of the molecule is Cc1nc2cc(N=O)ccc2s1. The van der Waals surface area contributed by atoms with Crippen LogP contribution in [0.3, 0.4) is 0 Å². The molecule has 0 fully saturated rings. The predicted octanol–water partition coefficient (Wildman–Crippen LogP) is 3.00. The van der Waals surface area contributed by atoms with Gasteiger partial charge in [0, 0.05) is 0 Å². The smallest absolute Gasteiger partial charge is 0.110 e. The van der Waals surface area contributed by atoms with Gasteiger partial charge in [-0.05, 0) is 30.3 Å². The molecule has 2 rings (SSSR count). The maximum atomic E-state index is 10.2. The monoisotopic (exact) mass is 178 g/mol. The van der Waals surface area contributed by atoms with E-state index in [9.17, 15) is 4.91 Å². The van der Waals surface area contributed by atoms with E-state index >= 15 is 0 Å². The Labute approximate surface area is 73.0 Å². The van der Waals surface area contributed by atoms with E-state index in [1.165, 1.54) is 0 Å². The van der Waals surface area contributed by atoms with Gasteiger partial charge < -0.3 is 0 Å². The lowest BCUT2D eigenvalue weighted by Gasteiger charge is -1.86. The van der Waals surface area contributed by atoms with E-state index in [0.717, 1.165) is 15.2 Å². The van der Waals surface area contributed by atoms with Crippen molar-refractivity contribution in [2.24, 2.45) is 5.18 Å². The van der Waals surface area contributed by atoms with Gasteiger partial charge in [0.05, 0.1) is 15.2 Å². The van der Waals surface area contributed by atoms with Crippen LogP contribution < -0.4 is 0 Å². The summed E-state index contributed by atoms with van der Waals surface area (Å²) in [6.45, 7) is 1.94. The van der Waals surface area contributed by atoms with Crippen LogP contribution in [0.25, 0.3) is 10.2 Å². The van der Waals surface area contributed by atoms with Crippen molar-refractivity contribution in [1.82, 2.24) is 4.98 Å². The summed E-state index contributed by atoms with van der Waals surface area (Å²) in [5.74, 6) is 0. The van der Waals surface area contributed by atoms with E-state index in [2.05, 4.69) is 10.2 Å². The molecule has 2 aromatic rings. The zero-order valence-corrected chi connectivity index (χ0v) is 7.26. The van der Waals surface area contributed by atoms with Gasteiger partial charge >= 0.3 is 0 Å². The molecular weight excluding hydrogens is 172 g/mol. The summed E-state index contributed by atoms with van der Waals surface area (Å²) in [6.07, 6.45) is 0. The molecule has 1 heterocycles. The molecule has 12 heavy (non-hydrogen) atoms. The number of benzene rings is 1. The third-order valence-corrected chi connectivity index (χ3v) is 2.54. The summed E-state index contributed by atoms with van der Waals surface area (Å²) < 4.78 is 1.10. The van der Waals surface area contributed by atoms with Gasteiger partial charge in [0.2, 0.25) is 0 Å². The van der Waals surface area contributed by atoms with Crippen LogP contribution in [0.5, 0.6) is 0 Å². The summed E-state index contributed by atoms with van der Waals surface area (Å²) in [5.41, 5.74) is 1.29. The van der Waals surface area contributed by atoms with Crippen molar-refractivity contribution in [3.8, 4) is 0 Å². The number of aryl methyl sites for hydroxylation is 1. The van der Waals surface area contributed by atoms with Crippen LogP contribution in [0.4, 0.5) is 5.69 Å². The molecule has 0 amide bonds. The molecule has 0 aliphatic rings. The highest BCUT2D eigenvalue weighted by atomic mass is 32.1. The topological polar surface area (TPSA) is 42.3 Å². The second kappa shape index (κ2) is 2.64. The summed E-state index contributed by atoms with van der Waals surface area (Å²) in [6, 6.07) is 5.27. The fourth-order valence-electron chi connectivity index (χ4n) is 1.09. The lowest BCUT2D eigenvalue weighted by atomic mass is 10.3. The fraction of sp³-hybridized carbons (Fsp3) is 0.125. The van der Waals surface area contributed by atoms with E-state index in [0.29, 0.717) is 5.69 Å². The Morgan fingerprint density at radius 3 is 3.08 bits per heavy atom. The first-order valence-corrected chi connectivity index (χ1v) is 4.32. The first kappa shape index (κ1) is 7.36. The van der Waals surface area contributed by atoms with Gasteiger partial charge in [0.1, 0.15) is 5.69 Å². The van der Waals surface area contributed by atoms with Crippen molar-refractivity contribution in [2.75, 3.05) is 0 Å². The van der Waals surface area contributed by atoms with Crippen molar-refractivity contribution < 1.29 is 0 Å². The van der Waals surface area contributed by atoms with Crippen LogP contribution in [-0.2, 0) is 0 Å². The normalized spacial score (nSPS) is 10.4. The average Bonchev–Trinajstić information content (AvgIpc) is 2.43. The molecule has 0 atom stereocenters. The maximum absolute atomic E-state index is 10.2. The van der Waals surface area contributed by atoms with Crippen LogP contribution in [0.1, 0.15) is 5.01 Å². The van der Waals surface area contributed by atoms with Crippen LogP contribution in [0.2, 0.25) is 0 Å². The lowest BCUT2D eigenvalue weighted by molar-refractivity contribution is 1.34. The lowest BCUT2D eigenvalue weighted by Crippen LogP contribution is -1.67. The number of rotatable bonds is 1. The Bertz CT molecular complexity index is 436. The second-order valence-electron chi connectivity index (χ2n) is 2.48. The summed E-state index contributed by atoms with van der Waals surface area (Å²) >= 11 is 1.62. The van der Waals surface area contributed by atoms with E-state index in [1.807, 2.05) is 13.0 Å². The zero-order valence-electron chi connectivity index (χ0n) is 6.44. The number of fused-ring (bicyclic) bond motifs is 1. The highest BCUT2D eigenvalue weighted by Gasteiger charge is 2.00. The molecule has 0 saturated heterocycles. The highest BCUT2D eigenvalue weighted by molar-refractivity contribution is 7.18. The minimum atomic E-state index is 0.438. The molecule has 0 N–H and O–H groups in total. The number of nitrogens with zero attached hydrogens (tertiary/aromatic N) is 2. The Morgan fingerprint density at radius 1 is 1.50 bits per heavy atom. The van der Waals surface area contributed by atoms with Crippen LogP contribution in [-0.4, -0.2) is 4.98 Å². The highest BCUT2D eigenvalue weighted by Crippen LogP contribution is 2.25. The largest absolute Gasteiger partial charge is 0.241 e. The summed E-state index contributed by atoms with van der Waals surface area (Å²) in [5, 5.41) is 3.85. The molecule has 0 unspecified atom stereocenters. The van der Waals surface area contributed by atoms with Gasteiger partial charge in [-0.25, -0.2) is 4.98 Å². The van der Waals surface area contributed by atoms with E-state index in [4.69, 9.17) is 0 Å². The Hall–Kier alpha value is -1.29. The number of hydrogen-bond donors (Lipinski definition) is 0. The molecule has 0 spiro atoms. The zero-order chi connectivity index (χ0) is 8.55. The first-order chi connectivity index (χ1) is 5.79. The predicted molar refractivity (Wildman–Crippen MR) is 49.8 cm³/mol. The number of hydrogen-bond acceptors (Lipinski definition) is 4. The molecule has 60 valence electrons. The molecule has 4 heteroatoms. The van der Waals surface area contributed by atoms with Gasteiger partial charge in [-0.15, -0.1) is 16.2 Å². The average molecular weight is 178 g/mol. The summed E-state index contributed by atoms with van der Waals surface area (Å²) in [7, 11) is 0. The number of aromatic nitrogens is 1. The molecule has 0 radical (unpaired) electrons. The molecular formula is C8H6N2OS. The number of nitroso groups, excluding NO2 is 1.